The molecule has 0 aliphatic carbocycles. The average molecular weight is 207 g/mol. The van der Waals surface area contributed by atoms with Crippen molar-refractivity contribution in [1.29, 1.82) is 0 Å². The quantitative estimate of drug-likeness (QED) is 0.701. The van der Waals surface area contributed by atoms with Gasteiger partial charge in [0.1, 0.15) is 0 Å². The van der Waals surface area contributed by atoms with Crippen molar-refractivity contribution in [2.45, 2.75) is 32.8 Å². The summed E-state index contributed by atoms with van der Waals surface area (Å²) < 4.78 is 0. The highest BCUT2D eigenvalue weighted by molar-refractivity contribution is 5.24. The lowest BCUT2D eigenvalue weighted by Gasteiger charge is -2.11. The Hall–Kier alpha value is -0.860. The van der Waals surface area contributed by atoms with Gasteiger partial charge in [0.05, 0.1) is 6.10 Å². The molecule has 0 heterocycles. The Balaban J connectivity index is 2.46. The minimum Gasteiger partial charge on any atom is -0.388 e. The Bertz CT molecular complexity index is 268. The van der Waals surface area contributed by atoms with Crippen LogP contribution < -0.4 is 5.32 Å². The third kappa shape index (κ3) is 4.02. The van der Waals surface area contributed by atoms with Crippen LogP contribution in [0.25, 0.3) is 0 Å². The van der Waals surface area contributed by atoms with Gasteiger partial charge in [0.25, 0.3) is 0 Å². The van der Waals surface area contributed by atoms with E-state index in [1.165, 1.54) is 5.56 Å². The molecule has 0 saturated carbocycles. The zero-order valence-electron chi connectivity index (χ0n) is 9.66. The van der Waals surface area contributed by atoms with Gasteiger partial charge in [-0.3, -0.25) is 0 Å². The van der Waals surface area contributed by atoms with Crippen molar-refractivity contribution in [2.24, 2.45) is 0 Å². The molecule has 0 aliphatic heterocycles. The summed E-state index contributed by atoms with van der Waals surface area (Å²) in [6.07, 6.45) is 1.49. The predicted octanol–water partition coefficient (Wildman–Crippen LogP) is 2.28. The number of hydrogen-bond acceptors (Lipinski definition) is 2. The molecule has 1 unspecified atom stereocenters. The topological polar surface area (TPSA) is 32.3 Å². The summed E-state index contributed by atoms with van der Waals surface area (Å²) in [4.78, 5) is 0. The van der Waals surface area contributed by atoms with Crippen molar-refractivity contribution in [1.82, 2.24) is 5.32 Å². The van der Waals surface area contributed by atoms with Gasteiger partial charge >= 0.3 is 0 Å². The van der Waals surface area contributed by atoms with Gasteiger partial charge in [-0.15, -0.1) is 0 Å². The maximum absolute atomic E-state index is 9.87. The molecule has 0 fully saturated rings. The fourth-order valence-electron chi connectivity index (χ4n) is 1.56. The SMILES string of the molecule is CCNCCC(O)c1ccc(CC)cc1. The summed E-state index contributed by atoms with van der Waals surface area (Å²) >= 11 is 0. The second kappa shape index (κ2) is 6.59. The Morgan fingerprint density at radius 3 is 2.40 bits per heavy atom. The van der Waals surface area contributed by atoms with Crippen LogP contribution >= 0.6 is 0 Å². The monoisotopic (exact) mass is 207 g/mol. The molecule has 2 N–H and O–H groups in total. The molecule has 2 nitrogen and oxygen atoms in total. The zero-order valence-corrected chi connectivity index (χ0v) is 9.66. The Kier molecular flexibility index (Phi) is 5.37. The van der Waals surface area contributed by atoms with Crippen molar-refractivity contribution >= 4 is 0 Å². The molecule has 0 spiro atoms. The van der Waals surface area contributed by atoms with Crippen LogP contribution in [0.4, 0.5) is 0 Å². The number of aliphatic hydroxyl groups is 1. The van der Waals surface area contributed by atoms with E-state index in [0.717, 1.165) is 31.5 Å². The van der Waals surface area contributed by atoms with E-state index in [2.05, 4.69) is 31.3 Å². The van der Waals surface area contributed by atoms with Gasteiger partial charge in [-0.25, -0.2) is 0 Å². The van der Waals surface area contributed by atoms with Crippen molar-refractivity contribution < 1.29 is 5.11 Å². The van der Waals surface area contributed by atoms with E-state index in [9.17, 15) is 5.11 Å². The molecule has 1 rings (SSSR count). The van der Waals surface area contributed by atoms with Crippen LogP contribution in [0.1, 0.15) is 37.5 Å². The van der Waals surface area contributed by atoms with E-state index in [1.807, 2.05) is 12.1 Å². The largest absolute Gasteiger partial charge is 0.388 e. The van der Waals surface area contributed by atoms with Gasteiger partial charge in [-0.2, -0.15) is 0 Å². The number of aryl methyl sites for hydroxylation is 1. The first-order valence-electron chi connectivity index (χ1n) is 5.75. The Morgan fingerprint density at radius 1 is 1.20 bits per heavy atom. The molecular weight excluding hydrogens is 186 g/mol. The Morgan fingerprint density at radius 2 is 1.87 bits per heavy atom. The van der Waals surface area contributed by atoms with E-state index in [-0.39, 0.29) is 6.10 Å². The number of rotatable bonds is 6. The van der Waals surface area contributed by atoms with Crippen molar-refractivity contribution in [3.63, 3.8) is 0 Å². The maximum atomic E-state index is 9.87. The van der Waals surface area contributed by atoms with Gasteiger partial charge in [0.15, 0.2) is 0 Å². The molecule has 0 saturated heterocycles. The third-order valence-corrected chi connectivity index (χ3v) is 2.62. The summed E-state index contributed by atoms with van der Waals surface area (Å²) in [5.41, 5.74) is 2.34. The molecule has 0 radical (unpaired) electrons. The van der Waals surface area contributed by atoms with E-state index in [4.69, 9.17) is 0 Å². The summed E-state index contributed by atoms with van der Waals surface area (Å²) in [6, 6.07) is 8.22. The number of benzene rings is 1. The lowest BCUT2D eigenvalue weighted by Crippen LogP contribution is -2.16. The highest BCUT2D eigenvalue weighted by Gasteiger charge is 2.05. The average Bonchev–Trinajstić information content (AvgIpc) is 2.29. The van der Waals surface area contributed by atoms with E-state index in [0.29, 0.717) is 0 Å². The smallest absolute Gasteiger partial charge is 0.0802 e. The molecule has 0 aromatic heterocycles. The van der Waals surface area contributed by atoms with Crippen molar-refractivity contribution in [2.75, 3.05) is 13.1 Å². The second-order valence-corrected chi connectivity index (χ2v) is 3.75. The third-order valence-electron chi connectivity index (χ3n) is 2.62. The van der Waals surface area contributed by atoms with Crippen LogP contribution in [0, 0.1) is 0 Å². The zero-order chi connectivity index (χ0) is 11.1. The first-order valence-corrected chi connectivity index (χ1v) is 5.75. The number of nitrogens with one attached hydrogen (secondary N) is 1. The maximum Gasteiger partial charge on any atom is 0.0802 e. The van der Waals surface area contributed by atoms with Crippen LogP contribution in [0.2, 0.25) is 0 Å². The lowest BCUT2D eigenvalue weighted by molar-refractivity contribution is 0.167. The molecular formula is C13H21NO. The molecule has 0 amide bonds. The van der Waals surface area contributed by atoms with Crippen LogP contribution in [-0.4, -0.2) is 18.2 Å². The van der Waals surface area contributed by atoms with Crippen LogP contribution in [0.5, 0.6) is 0 Å². The summed E-state index contributed by atoms with van der Waals surface area (Å²) in [5.74, 6) is 0. The first-order chi connectivity index (χ1) is 7.27. The van der Waals surface area contributed by atoms with Gasteiger partial charge in [0, 0.05) is 0 Å². The minimum absolute atomic E-state index is 0.338. The van der Waals surface area contributed by atoms with E-state index >= 15 is 0 Å². The summed E-state index contributed by atoms with van der Waals surface area (Å²) in [7, 11) is 0. The van der Waals surface area contributed by atoms with Gasteiger partial charge in [-0.05, 0) is 37.1 Å². The second-order valence-electron chi connectivity index (χ2n) is 3.75. The highest BCUT2D eigenvalue weighted by atomic mass is 16.3. The fraction of sp³-hybridized carbons (Fsp3) is 0.538. The minimum atomic E-state index is -0.338. The van der Waals surface area contributed by atoms with E-state index in [1.54, 1.807) is 0 Å². The van der Waals surface area contributed by atoms with Gasteiger partial charge in [-0.1, -0.05) is 38.1 Å². The molecule has 84 valence electrons. The molecule has 15 heavy (non-hydrogen) atoms. The summed E-state index contributed by atoms with van der Waals surface area (Å²) in [6.45, 7) is 6.04. The summed E-state index contributed by atoms with van der Waals surface area (Å²) in [5, 5.41) is 13.1. The van der Waals surface area contributed by atoms with Gasteiger partial charge < -0.3 is 10.4 Å². The fourth-order valence-corrected chi connectivity index (χ4v) is 1.56. The van der Waals surface area contributed by atoms with Crippen LogP contribution in [0.15, 0.2) is 24.3 Å². The highest BCUT2D eigenvalue weighted by Crippen LogP contribution is 2.16. The molecule has 1 atom stereocenters. The number of hydrogen-bond donors (Lipinski definition) is 2. The molecule has 0 aliphatic rings. The Labute approximate surface area is 92.3 Å². The number of aliphatic hydroxyl groups excluding tert-OH is 1. The molecule has 1 aromatic rings. The van der Waals surface area contributed by atoms with Gasteiger partial charge in [0.2, 0.25) is 0 Å². The van der Waals surface area contributed by atoms with Crippen LogP contribution in [-0.2, 0) is 6.42 Å². The normalized spacial score (nSPS) is 12.7. The molecule has 1 aromatic carbocycles. The van der Waals surface area contributed by atoms with Crippen LogP contribution in [0.3, 0.4) is 0 Å². The van der Waals surface area contributed by atoms with Crippen molar-refractivity contribution in [3.05, 3.63) is 35.4 Å². The first kappa shape index (κ1) is 12.2. The lowest BCUT2D eigenvalue weighted by atomic mass is 10.0. The van der Waals surface area contributed by atoms with Crippen molar-refractivity contribution in [3.8, 4) is 0 Å². The standard InChI is InChI=1S/C13H21NO/c1-3-11-5-7-12(8-6-11)13(15)9-10-14-4-2/h5-8,13-15H,3-4,9-10H2,1-2H3. The molecule has 2 heteroatoms. The predicted molar refractivity (Wildman–Crippen MR) is 63.9 cm³/mol. The molecule has 0 bridgehead atoms. The van der Waals surface area contributed by atoms with E-state index < -0.39 is 0 Å².